The number of hydrogen-bond donors (Lipinski definition) is 1. The highest BCUT2D eigenvalue weighted by Gasteiger charge is 2.32. The molecule has 16 heavy (non-hydrogen) atoms. The van der Waals surface area contributed by atoms with Crippen molar-refractivity contribution in [1.82, 2.24) is 10.3 Å². The van der Waals surface area contributed by atoms with E-state index in [2.05, 4.69) is 17.2 Å². The van der Waals surface area contributed by atoms with Gasteiger partial charge in [0.1, 0.15) is 0 Å². The lowest BCUT2D eigenvalue weighted by Gasteiger charge is -2.24. The predicted octanol–water partition coefficient (Wildman–Crippen LogP) is 1.49. The standard InChI is InChI=1S/C11H17N3OS/c1-8-4-3-6-14(10(15)9(8)12-2)11-13-5-7-16-11/h5,7-9,12H,3-4,6H2,1-2H3. The number of nitrogens with zero attached hydrogens (tertiary/aromatic N) is 2. The first-order chi connectivity index (χ1) is 7.74. The third-order valence-corrected chi connectivity index (χ3v) is 3.90. The second kappa shape index (κ2) is 4.93. The molecule has 1 aliphatic rings. The van der Waals surface area contributed by atoms with Gasteiger partial charge in [0.25, 0.3) is 0 Å². The van der Waals surface area contributed by atoms with Gasteiger partial charge in [0, 0.05) is 18.1 Å². The van der Waals surface area contributed by atoms with Crippen LogP contribution in [0.15, 0.2) is 11.6 Å². The number of thiazole rings is 1. The summed E-state index contributed by atoms with van der Waals surface area (Å²) in [4.78, 5) is 18.4. The van der Waals surface area contributed by atoms with E-state index in [9.17, 15) is 4.79 Å². The van der Waals surface area contributed by atoms with E-state index in [0.717, 1.165) is 24.5 Å². The van der Waals surface area contributed by atoms with Crippen molar-refractivity contribution in [2.24, 2.45) is 5.92 Å². The predicted molar refractivity (Wildman–Crippen MR) is 65.7 cm³/mol. The highest BCUT2D eigenvalue weighted by atomic mass is 32.1. The summed E-state index contributed by atoms with van der Waals surface area (Å²) in [5, 5.41) is 5.85. The number of carbonyl (C=O) groups excluding carboxylic acids is 1. The Hall–Kier alpha value is -0.940. The summed E-state index contributed by atoms with van der Waals surface area (Å²) in [7, 11) is 1.85. The van der Waals surface area contributed by atoms with E-state index in [1.165, 1.54) is 11.3 Å². The second-order valence-electron chi connectivity index (χ2n) is 4.19. The highest BCUT2D eigenvalue weighted by Crippen LogP contribution is 2.25. The SMILES string of the molecule is CNC1C(=O)N(c2nccs2)CCCC1C. The molecule has 1 aliphatic heterocycles. The zero-order valence-corrected chi connectivity index (χ0v) is 10.5. The minimum Gasteiger partial charge on any atom is -0.309 e. The molecule has 1 aromatic rings. The Kier molecular flexibility index (Phi) is 3.56. The van der Waals surface area contributed by atoms with E-state index in [1.807, 2.05) is 17.3 Å². The van der Waals surface area contributed by atoms with Gasteiger partial charge in [-0.2, -0.15) is 0 Å². The molecule has 0 saturated carbocycles. The average molecular weight is 239 g/mol. The molecule has 2 heterocycles. The maximum absolute atomic E-state index is 12.3. The Balaban J connectivity index is 2.23. The molecule has 1 aromatic heterocycles. The molecule has 0 spiro atoms. The first-order valence-corrected chi connectivity index (χ1v) is 6.50. The van der Waals surface area contributed by atoms with Gasteiger partial charge in [0.15, 0.2) is 5.13 Å². The fourth-order valence-electron chi connectivity index (χ4n) is 2.21. The summed E-state index contributed by atoms with van der Waals surface area (Å²) in [6.45, 7) is 2.92. The first-order valence-electron chi connectivity index (χ1n) is 5.62. The Labute approximate surface area is 99.7 Å². The summed E-state index contributed by atoms with van der Waals surface area (Å²) in [5.74, 6) is 0.546. The number of amides is 1. The molecule has 1 saturated heterocycles. The van der Waals surface area contributed by atoms with Gasteiger partial charge in [0.05, 0.1) is 6.04 Å². The van der Waals surface area contributed by atoms with Gasteiger partial charge >= 0.3 is 0 Å². The molecule has 1 N–H and O–H groups in total. The summed E-state index contributed by atoms with van der Waals surface area (Å²) < 4.78 is 0. The molecule has 0 radical (unpaired) electrons. The molecule has 0 aliphatic carbocycles. The lowest BCUT2D eigenvalue weighted by atomic mass is 9.98. The second-order valence-corrected chi connectivity index (χ2v) is 5.06. The van der Waals surface area contributed by atoms with Crippen molar-refractivity contribution in [3.63, 3.8) is 0 Å². The Morgan fingerprint density at radius 1 is 1.62 bits per heavy atom. The number of rotatable bonds is 2. The van der Waals surface area contributed by atoms with E-state index in [0.29, 0.717) is 5.92 Å². The minimum absolute atomic E-state index is 0.0774. The van der Waals surface area contributed by atoms with Gasteiger partial charge in [-0.05, 0) is 25.8 Å². The minimum atomic E-state index is -0.0774. The van der Waals surface area contributed by atoms with Crippen LogP contribution in [0, 0.1) is 5.92 Å². The van der Waals surface area contributed by atoms with Crippen LogP contribution in [0.3, 0.4) is 0 Å². The van der Waals surface area contributed by atoms with E-state index < -0.39 is 0 Å². The smallest absolute Gasteiger partial charge is 0.246 e. The molecule has 0 bridgehead atoms. The van der Waals surface area contributed by atoms with Crippen LogP contribution in [-0.4, -0.2) is 30.5 Å². The van der Waals surface area contributed by atoms with E-state index in [-0.39, 0.29) is 11.9 Å². The van der Waals surface area contributed by atoms with Crippen molar-refractivity contribution in [3.05, 3.63) is 11.6 Å². The fraction of sp³-hybridized carbons (Fsp3) is 0.636. The molecule has 2 atom stereocenters. The molecule has 5 heteroatoms. The van der Waals surface area contributed by atoms with Crippen molar-refractivity contribution >= 4 is 22.4 Å². The normalized spacial score (nSPS) is 26.9. The molecule has 88 valence electrons. The fourth-order valence-corrected chi connectivity index (χ4v) is 2.88. The molecular weight excluding hydrogens is 222 g/mol. The maximum atomic E-state index is 12.3. The van der Waals surface area contributed by atoms with E-state index >= 15 is 0 Å². The van der Waals surface area contributed by atoms with Gasteiger partial charge in [-0.3, -0.25) is 9.69 Å². The van der Waals surface area contributed by atoms with Gasteiger partial charge in [0.2, 0.25) is 5.91 Å². The van der Waals surface area contributed by atoms with Crippen LogP contribution >= 0.6 is 11.3 Å². The van der Waals surface area contributed by atoms with E-state index in [1.54, 1.807) is 6.20 Å². The summed E-state index contributed by atoms with van der Waals surface area (Å²) >= 11 is 1.52. The van der Waals surface area contributed by atoms with Crippen molar-refractivity contribution in [2.75, 3.05) is 18.5 Å². The summed E-state index contributed by atoms with van der Waals surface area (Å²) in [6.07, 6.45) is 3.87. The zero-order chi connectivity index (χ0) is 11.5. The van der Waals surface area contributed by atoms with Crippen molar-refractivity contribution in [3.8, 4) is 0 Å². The molecule has 1 fully saturated rings. The van der Waals surface area contributed by atoms with Crippen LogP contribution in [0.5, 0.6) is 0 Å². The number of hydrogen-bond acceptors (Lipinski definition) is 4. The summed E-state index contributed by atoms with van der Waals surface area (Å²) in [5.41, 5.74) is 0. The number of anilines is 1. The van der Waals surface area contributed by atoms with Crippen LogP contribution in [0.25, 0.3) is 0 Å². The third kappa shape index (κ3) is 2.10. The molecule has 4 nitrogen and oxygen atoms in total. The van der Waals surface area contributed by atoms with Crippen LogP contribution in [0.2, 0.25) is 0 Å². The largest absolute Gasteiger partial charge is 0.309 e. The summed E-state index contributed by atoms with van der Waals surface area (Å²) in [6, 6.07) is -0.0774. The van der Waals surface area contributed by atoms with Crippen LogP contribution in [0.4, 0.5) is 5.13 Å². The topological polar surface area (TPSA) is 45.2 Å². The third-order valence-electron chi connectivity index (χ3n) is 3.10. The van der Waals surface area contributed by atoms with Gasteiger partial charge in [-0.15, -0.1) is 11.3 Å². The Morgan fingerprint density at radius 2 is 2.44 bits per heavy atom. The van der Waals surface area contributed by atoms with Crippen LogP contribution < -0.4 is 10.2 Å². The highest BCUT2D eigenvalue weighted by molar-refractivity contribution is 7.13. The molecule has 2 rings (SSSR count). The lowest BCUT2D eigenvalue weighted by molar-refractivity contribution is -0.121. The molecular formula is C11H17N3OS. The number of nitrogens with one attached hydrogen (secondary N) is 1. The molecule has 0 aromatic carbocycles. The zero-order valence-electron chi connectivity index (χ0n) is 9.64. The lowest BCUT2D eigenvalue weighted by Crippen LogP contribution is -2.47. The number of aromatic nitrogens is 1. The van der Waals surface area contributed by atoms with Crippen molar-refractivity contribution in [2.45, 2.75) is 25.8 Å². The molecule has 1 amide bonds. The molecule has 2 unspecified atom stereocenters. The maximum Gasteiger partial charge on any atom is 0.246 e. The number of carbonyl (C=O) groups is 1. The van der Waals surface area contributed by atoms with Crippen molar-refractivity contribution < 1.29 is 4.79 Å². The van der Waals surface area contributed by atoms with Crippen molar-refractivity contribution in [1.29, 1.82) is 0 Å². The van der Waals surface area contributed by atoms with Gasteiger partial charge in [-0.25, -0.2) is 4.98 Å². The average Bonchev–Trinajstić information content (AvgIpc) is 2.74. The van der Waals surface area contributed by atoms with Crippen LogP contribution in [0.1, 0.15) is 19.8 Å². The monoisotopic (exact) mass is 239 g/mol. The van der Waals surface area contributed by atoms with Crippen LogP contribution in [-0.2, 0) is 4.79 Å². The Bertz CT molecular complexity index is 352. The first kappa shape index (κ1) is 11.5. The number of likely N-dealkylation sites (N-methyl/N-ethyl adjacent to an activating group) is 1. The Morgan fingerprint density at radius 3 is 3.06 bits per heavy atom. The van der Waals surface area contributed by atoms with Gasteiger partial charge < -0.3 is 5.32 Å². The van der Waals surface area contributed by atoms with E-state index in [4.69, 9.17) is 0 Å². The quantitative estimate of drug-likeness (QED) is 0.850. The van der Waals surface area contributed by atoms with Gasteiger partial charge in [-0.1, -0.05) is 6.92 Å².